The van der Waals surface area contributed by atoms with Gasteiger partial charge in [-0.3, -0.25) is 0 Å². The highest BCUT2D eigenvalue weighted by atomic mass is 79.9. The fourth-order valence-electron chi connectivity index (χ4n) is 4.50. The summed E-state index contributed by atoms with van der Waals surface area (Å²) in [5.74, 6) is 2.04. The molecule has 0 aromatic heterocycles. The quantitative estimate of drug-likeness (QED) is 0.564. The van der Waals surface area contributed by atoms with Crippen LogP contribution < -0.4 is 4.74 Å². The van der Waals surface area contributed by atoms with Crippen molar-refractivity contribution >= 4 is 26.1 Å². The molecule has 0 saturated carbocycles. The fraction of sp³-hybridized carbons (Fsp3) is 0.714. The summed E-state index contributed by atoms with van der Waals surface area (Å²) in [6.45, 7) is 4.64. The van der Waals surface area contributed by atoms with E-state index in [1.807, 2.05) is 6.07 Å². The van der Waals surface area contributed by atoms with Gasteiger partial charge in [0.05, 0.1) is 7.11 Å². The SMILES string of the molecule is COc1ccc(Br)c(CC2CCN(CCC3CCCN(S(=O)(=O)N(C)C)C3)C2)c1. The molecule has 2 saturated heterocycles. The third-order valence-electron chi connectivity index (χ3n) is 6.25. The van der Waals surface area contributed by atoms with Crippen LogP contribution in [-0.2, 0) is 16.6 Å². The summed E-state index contributed by atoms with van der Waals surface area (Å²) in [6.07, 6.45) is 5.45. The fourth-order valence-corrected chi connectivity index (χ4v) is 6.13. The van der Waals surface area contributed by atoms with E-state index < -0.39 is 10.2 Å². The molecule has 2 atom stereocenters. The van der Waals surface area contributed by atoms with Gasteiger partial charge in [0.2, 0.25) is 0 Å². The third kappa shape index (κ3) is 5.94. The van der Waals surface area contributed by atoms with Gasteiger partial charge in [0.15, 0.2) is 0 Å². The standard InChI is InChI=1S/C21H34BrN3O3S/c1-23(2)29(26,27)25-10-4-5-17(16-25)8-11-24-12-9-18(15-24)13-19-14-20(28-3)6-7-21(19)22/h6-7,14,17-18H,4-5,8-13,15-16H2,1-3H3. The zero-order chi connectivity index (χ0) is 21.0. The molecule has 6 nitrogen and oxygen atoms in total. The van der Waals surface area contributed by atoms with Gasteiger partial charge >= 0.3 is 0 Å². The van der Waals surface area contributed by atoms with Crippen LogP contribution in [0.25, 0.3) is 0 Å². The first-order chi connectivity index (χ1) is 13.8. The van der Waals surface area contributed by atoms with Crippen LogP contribution in [0.5, 0.6) is 5.75 Å². The molecule has 3 rings (SSSR count). The van der Waals surface area contributed by atoms with E-state index in [0.717, 1.165) is 55.5 Å². The van der Waals surface area contributed by atoms with Gasteiger partial charge in [-0.15, -0.1) is 0 Å². The largest absolute Gasteiger partial charge is 0.497 e. The number of nitrogens with zero attached hydrogens (tertiary/aromatic N) is 3. The van der Waals surface area contributed by atoms with E-state index in [1.54, 1.807) is 25.5 Å². The van der Waals surface area contributed by atoms with Gasteiger partial charge in [-0.1, -0.05) is 15.9 Å². The van der Waals surface area contributed by atoms with E-state index in [4.69, 9.17) is 4.74 Å². The Morgan fingerprint density at radius 2 is 1.97 bits per heavy atom. The van der Waals surface area contributed by atoms with Crippen molar-refractivity contribution in [1.82, 2.24) is 13.5 Å². The lowest BCUT2D eigenvalue weighted by atomic mass is 9.96. The first kappa shape index (κ1) is 23.0. The van der Waals surface area contributed by atoms with Crippen LogP contribution in [0.3, 0.4) is 0 Å². The molecule has 2 aliphatic heterocycles. The predicted molar refractivity (Wildman–Crippen MR) is 120 cm³/mol. The summed E-state index contributed by atoms with van der Waals surface area (Å²) in [5.41, 5.74) is 1.31. The maximum atomic E-state index is 12.4. The minimum atomic E-state index is -3.29. The number of piperidine rings is 1. The summed E-state index contributed by atoms with van der Waals surface area (Å²) >= 11 is 3.67. The zero-order valence-corrected chi connectivity index (χ0v) is 20.2. The van der Waals surface area contributed by atoms with Crippen molar-refractivity contribution in [2.24, 2.45) is 11.8 Å². The highest BCUT2D eigenvalue weighted by molar-refractivity contribution is 9.10. The highest BCUT2D eigenvalue weighted by Crippen LogP contribution is 2.29. The van der Waals surface area contributed by atoms with Crippen molar-refractivity contribution in [2.45, 2.75) is 32.1 Å². The van der Waals surface area contributed by atoms with E-state index in [9.17, 15) is 8.42 Å². The Labute approximate surface area is 184 Å². The molecular weight excluding hydrogens is 454 g/mol. The van der Waals surface area contributed by atoms with E-state index >= 15 is 0 Å². The average molecular weight is 488 g/mol. The Kier molecular flexibility index (Phi) is 8.00. The molecule has 2 aliphatic rings. The van der Waals surface area contributed by atoms with Crippen molar-refractivity contribution < 1.29 is 13.2 Å². The van der Waals surface area contributed by atoms with Crippen LogP contribution in [0.15, 0.2) is 22.7 Å². The molecule has 29 heavy (non-hydrogen) atoms. The lowest BCUT2D eigenvalue weighted by Gasteiger charge is -2.34. The van der Waals surface area contributed by atoms with Gasteiger partial charge in [-0.25, -0.2) is 0 Å². The summed E-state index contributed by atoms with van der Waals surface area (Å²) in [4.78, 5) is 2.55. The molecular formula is C21H34BrN3O3S. The van der Waals surface area contributed by atoms with Gasteiger partial charge in [0.1, 0.15) is 5.75 Å². The molecule has 2 fully saturated rings. The van der Waals surface area contributed by atoms with Gasteiger partial charge in [0.25, 0.3) is 10.2 Å². The van der Waals surface area contributed by atoms with E-state index in [-0.39, 0.29) is 0 Å². The molecule has 164 valence electrons. The molecule has 1 aromatic rings. The number of methoxy groups -OCH3 is 1. The maximum Gasteiger partial charge on any atom is 0.281 e. The van der Waals surface area contributed by atoms with Crippen molar-refractivity contribution in [1.29, 1.82) is 0 Å². The number of rotatable bonds is 8. The molecule has 0 radical (unpaired) electrons. The average Bonchev–Trinajstić information content (AvgIpc) is 3.15. The zero-order valence-electron chi connectivity index (χ0n) is 17.8. The summed E-state index contributed by atoms with van der Waals surface area (Å²) in [7, 11) is 1.65. The number of halogens is 1. The van der Waals surface area contributed by atoms with Crippen molar-refractivity contribution in [3.8, 4) is 5.75 Å². The molecule has 0 bridgehead atoms. The number of hydrogen-bond acceptors (Lipinski definition) is 4. The third-order valence-corrected chi connectivity index (χ3v) is 8.94. The normalized spacial score (nSPS) is 24.3. The van der Waals surface area contributed by atoms with Gasteiger partial charge in [-0.2, -0.15) is 17.0 Å². The summed E-state index contributed by atoms with van der Waals surface area (Å²) in [5, 5.41) is 0. The monoisotopic (exact) mass is 487 g/mol. The molecule has 1 aromatic carbocycles. The Morgan fingerprint density at radius 1 is 1.17 bits per heavy atom. The Hall–Kier alpha value is -0.670. The lowest BCUT2D eigenvalue weighted by molar-refractivity contribution is 0.217. The molecule has 2 unspecified atom stereocenters. The van der Waals surface area contributed by atoms with Gasteiger partial charge in [0, 0.05) is 38.2 Å². The van der Waals surface area contributed by atoms with Crippen LogP contribution in [0.4, 0.5) is 0 Å². The van der Waals surface area contributed by atoms with E-state index in [1.165, 1.54) is 16.3 Å². The van der Waals surface area contributed by atoms with E-state index in [0.29, 0.717) is 24.9 Å². The molecule has 0 spiro atoms. The Bertz CT molecular complexity index is 787. The Morgan fingerprint density at radius 3 is 2.69 bits per heavy atom. The highest BCUT2D eigenvalue weighted by Gasteiger charge is 2.31. The van der Waals surface area contributed by atoms with Crippen LogP contribution in [0.1, 0.15) is 31.2 Å². The number of ether oxygens (including phenoxy) is 1. The van der Waals surface area contributed by atoms with Crippen LogP contribution in [0.2, 0.25) is 0 Å². The lowest BCUT2D eigenvalue weighted by Crippen LogP contribution is -2.45. The second kappa shape index (κ2) is 10.1. The molecule has 8 heteroatoms. The first-order valence-corrected chi connectivity index (χ1v) is 12.7. The van der Waals surface area contributed by atoms with Crippen molar-refractivity contribution in [3.05, 3.63) is 28.2 Å². The van der Waals surface area contributed by atoms with Crippen molar-refractivity contribution in [2.75, 3.05) is 53.9 Å². The second-order valence-electron chi connectivity index (χ2n) is 8.56. The van der Waals surface area contributed by atoms with Gasteiger partial charge < -0.3 is 9.64 Å². The predicted octanol–water partition coefficient (Wildman–Crippen LogP) is 3.23. The summed E-state index contributed by atoms with van der Waals surface area (Å²) in [6, 6.07) is 6.19. The number of hydrogen-bond donors (Lipinski definition) is 0. The molecule has 0 amide bonds. The van der Waals surface area contributed by atoms with Crippen LogP contribution in [0, 0.1) is 11.8 Å². The topological polar surface area (TPSA) is 53.1 Å². The molecule has 0 aliphatic carbocycles. The number of benzene rings is 1. The summed E-state index contributed by atoms with van der Waals surface area (Å²) < 4.78 is 34.3. The van der Waals surface area contributed by atoms with Crippen LogP contribution in [-0.4, -0.2) is 75.9 Å². The maximum absolute atomic E-state index is 12.4. The minimum absolute atomic E-state index is 0.463. The van der Waals surface area contributed by atoms with E-state index in [2.05, 4.69) is 33.0 Å². The van der Waals surface area contributed by atoms with Crippen LogP contribution >= 0.6 is 15.9 Å². The minimum Gasteiger partial charge on any atom is -0.497 e. The molecule has 0 N–H and O–H groups in total. The van der Waals surface area contributed by atoms with Crippen molar-refractivity contribution in [3.63, 3.8) is 0 Å². The second-order valence-corrected chi connectivity index (χ2v) is 11.6. The Balaban J connectivity index is 1.47. The molecule has 2 heterocycles. The smallest absolute Gasteiger partial charge is 0.281 e. The first-order valence-electron chi connectivity index (χ1n) is 10.5. The van der Waals surface area contributed by atoms with Gasteiger partial charge in [-0.05, 0) is 80.8 Å². The number of likely N-dealkylation sites (tertiary alicyclic amines) is 1.